The zero-order chi connectivity index (χ0) is 8.93. The van der Waals surface area contributed by atoms with E-state index in [9.17, 15) is 0 Å². The molecule has 1 N–H and O–H groups in total. The summed E-state index contributed by atoms with van der Waals surface area (Å²) in [7, 11) is 0. The van der Waals surface area contributed by atoms with Gasteiger partial charge in [-0.1, -0.05) is 6.07 Å². The van der Waals surface area contributed by atoms with E-state index in [1.165, 1.54) is 25.1 Å². The molecule has 0 aliphatic carbocycles. The smallest absolute Gasteiger partial charge is 0.0406 e. The van der Waals surface area contributed by atoms with Crippen LogP contribution in [0, 0.1) is 5.92 Å². The monoisotopic (exact) mass is 212 g/mol. The maximum absolute atomic E-state index is 4.35. The van der Waals surface area contributed by atoms with Crippen molar-refractivity contribution in [3.05, 3.63) is 30.1 Å². The van der Waals surface area contributed by atoms with Crippen LogP contribution in [0.1, 0.15) is 18.5 Å². The molecule has 0 spiro atoms. The van der Waals surface area contributed by atoms with Gasteiger partial charge in [0.25, 0.3) is 0 Å². The standard InChI is InChI=1S/C11H16N2.ClH/c1-2-7-13-11(5-1)8-10-4-3-6-12-9-10;/h1-2,5,7,10,12H,3-4,6,8-9H2;1H. The molecular formula is C11H17ClN2. The summed E-state index contributed by atoms with van der Waals surface area (Å²) >= 11 is 0. The van der Waals surface area contributed by atoms with Gasteiger partial charge in [-0.25, -0.2) is 0 Å². The molecule has 2 heterocycles. The van der Waals surface area contributed by atoms with Gasteiger partial charge in [-0.2, -0.15) is 0 Å². The lowest BCUT2D eigenvalue weighted by Crippen LogP contribution is -2.30. The Morgan fingerprint density at radius 2 is 2.36 bits per heavy atom. The van der Waals surface area contributed by atoms with Crippen LogP contribution in [-0.4, -0.2) is 18.1 Å². The zero-order valence-electron chi connectivity index (χ0n) is 8.28. The molecule has 2 rings (SSSR count). The second-order valence-electron chi connectivity index (χ2n) is 3.74. The van der Waals surface area contributed by atoms with E-state index >= 15 is 0 Å². The molecule has 1 aliphatic rings. The molecule has 1 aromatic heterocycles. The number of rotatable bonds is 2. The highest BCUT2D eigenvalue weighted by molar-refractivity contribution is 5.85. The third-order valence-electron chi connectivity index (χ3n) is 2.62. The van der Waals surface area contributed by atoms with Gasteiger partial charge in [-0.15, -0.1) is 12.4 Å². The first-order chi connectivity index (χ1) is 6.45. The third-order valence-corrected chi connectivity index (χ3v) is 2.62. The number of nitrogens with zero attached hydrogens (tertiary/aromatic N) is 1. The van der Waals surface area contributed by atoms with Gasteiger partial charge in [0.2, 0.25) is 0 Å². The van der Waals surface area contributed by atoms with E-state index in [4.69, 9.17) is 0 Å². The Hall–Kier alpha value is -0.600. The molecule has 1 aromatic rings. The summed E-state index contributed by atoms with van der Waals surface area (Å²) in [5.41, 5.74) is 1.23. The summed E-state index contributed by atoms with van der Waals surface area (Å²) in [5, 5.41) is 3.43. The van der Waals surface area contributed by atoms with E-state index in [0.717, 1.165) is 18.9 Å². The average Bonchev–Trinajstić information content (AvgIpc) is 2.21. The quantitative estimate of drug-likeness (QED) is 0.812. The molecule has 1 unspecified atom stereocenters. The van der Waals surface area contributed by atoms with Gasteiger partial charge < -0.3 is 5.32 Å². The molecule has 1 atom stereocenters. The predicted molar refractivity (Wildman–Crippen MR) is 60.8 cm³/mol. The van der Waals surface area contributed by atoms with Crippen molar-refractivity contribution in [2.24, 2.45) is 5.92 Å². The van der Waals surface area contributed by atoms with Crippen LogP contribution in [0.25, 0.3) is 0 Å². The zero-order valence-corrected chi connectivity index (χ0v) is 9.09. The molecule has 0 amide bonds. The van der Waals surface area contributed by atoms with Crippen molar-refractivity contribution in [2.75, 3.05) is 13.1 Å². The van der Waals surface area contributed by atoms with Gasteiger partial charge in [0.05, 0.1) is 0 Å². The molecule has 0 saturated carbocycles. The van der Waals surface area contributed by atoms with Crippen LogP contribution < -0.4 is 5.32 Å². The molecule has 78 valence electrons. The van der Waals surface area contributed by atoms with Gasteiger partial charge in [-0.3, -0.25) is 4.98 Å². The number of pyridine rings is 1. The largest absolute Gasteiger partial charge is 0.316 e. The lowest BCUT2D eigenvalue weighted by atomic mass is 9.94. The van der Waals surface area contributed by atoms with Crippen LogP contribution in [0.5, 0.6) is 0 Å². The Bertz CT molecular complexity index is 245. The normalized spacial score (nSPS) is 21.3. The van der Waals surface area contributed by atoms with Gasteiger partial charge in [0.15, 0.2) is 0 Å². The minimum atomic E-state index is 0. The average molecular weight is 213 g/mol. The minimum Gasteiger partial charge on any atom is -0.316 e. The van der Waals surface area contributed by atoms with Crippen molar-refractivity contribution in [3.63, 3.8) is 0 Å². The Morgan fingerprint density at radius 1 is 1.43 bits per heavy atom. The Labute approximate surface area is 91.5 Å². The fourth-order valence-electron chi connectivity index (χ4n) is 1.91. The van der Waals surface area contributed by atoms with Gasteiger partial charge >= 0.3 is 0 Å². The van der Waals surface area contributed by atoms with Crippen molar-refractivity contribution in [2.45, 2.75) is 19.3 Å². The van der Waals surface area contributed by atoms with E-state index in [1.807, 2.05) is 12.3 Å². The van der Waals surface area contributed by atoms with Crippen LogP contribution in [0.2, 0.25) is 0 Å². The van der Waals surface area contributed by atoms with Crippen molar-refractivity contribution < 1.29 is 0 Å². The topological polar surface area (TPSA) is 24.9 Å². The summed E-state index contributed by atoms with van der Waals surface area (Å²) in [6.07, 6.45) is 5.68. The Morgan fingerprint density at radius 3 is 3.00 bits per heavy atom. The maximum Gasteiger partial charge on any atom is 0.0406 e. The summed E-state index contributed by atoms with van der Waals surface area (Å²) in [6, 6.07) is 6.16. The van der Waals surface area contributed by atoms with Crippen LogP contribution >= 0.6 is 12.4 Å². The first-order valence-corrected chi connectivity index (χ1v) is 5.06. The second-order valence-corrected chi connectivity index (χ2v) is 3.74. The van der Waals surface area contributed by atoms with Crippen LogP contribution in [0.3, 0.4) is 0 Å². The van der Waals surface area contributed by atoms with E-state index < -0.39 is 0 Å². The number of halogens is 1. The van der Waals surface area contributed by atoms with Crippen LogP contribution in [0.4, 0.5) is 0 Å². The van der Waals surface area contributed by atoms with Gasteiger partial charge in [0, 0.05) is 11.9 Å². The summed E-state index contributed by atoms with van der Waals surface area (Å²) in [6.45, 7) is 2.36. The van der Waals surface area contributed by atoms with E-state index in [-0.39, 0.29) is 12.4 Å². The fourth-order valence-corrected chi connectivity index (χ4v) is 1.91. The predicted octanol–water partition coefficient (Wildman–Crippen LogP) is 2.05. The first kappa shape index (κ1) is 11.5. The summed E-state index contributed by atoms with van der Waals surface area (Å²) in [4.78, 5) is 4.35. The second kappa shape index (κ2) is 5.99. The Balaban J connectivity index is 0.000000980. The van der Waals surface area contributed by atoms with Crippen molar-refractivity contribution >= 4 is 12.4 Å². The van der Waals surface area contributed by atoms with Crippen LogP contribution in [0.15, 0.2) is 24.4 Å². The van der Waals surface area contributed by atoms with Crippen molar-refractivity contribution in [3.8, 4) is 0 Å². The number of aromatic nitrogens is 1. The molecule has 1 aliphatic heterocycles. The molecule has 0 bridgehead atoms. The van der Waals surface area contributed by atoms with Crippen LogP contribution in [-0.2, 0) is 6.42 Å². The van der Waals surface area contributed by atoms with Gasteiger partial charge in [0.1, 0.15) is 0 Å². The van der Waals surface area contributed by atoms with Crippen molar-refractivity contribution in [1.29, 1.82) is 0 Å². The molecule has 1 fully saturated rings. The molecule has 0 radical (unpaired) electrons. The highest BCUT2D eigenvalue weighted by Crippen LogP contribution is 2.14. The van der Waals surface area contributed by atoms with Crippen molar-refractivity contribution in [1.82, 2.24) is 10.3 Å². The fraction of sp³-hybridized carbons (Fsp3) is 0.545. The first-order valence-electron chi connectivity index (χ1n) is 5.06. The third kappa shape index (κ3) is 3.28. The van der Waals surface area contributed by atoms with E-state index in [0.29, 0.717) is 0 Å². The van der Waals surface area contributed by atoms with E-state index in [1.54, 1.807) is 0 Å². The highest BCUT2D eigenvalue weighted by Gasteiger charge is 2.13. The lowest BCUT2D eigenvalue weighted by molar-refractivity contribution is 0.373. The molecule has 1 saturated heterocycles. The number of piperidine rings is 1. The molecule has 3 heteroatoms. The number of hydrogen-bond acceptors (Lipinski definition) is 2. The maximum atomic E-state index is 4.35. The SMILES string of the molecule is Cl.c1ccc(CC2CCCNC2)nc1. The number of nitrogens with one attached hydrogen (secondary N) is 1. The Kier molecular flexibility index (Phi) is 4.91. The molecule has 14 heavy (non-hydrogen) atoms. The minimum absolute atomic E-state index is 0. The highest BCUT2D eigenvalue weighted by atomic mass is 35.5. The summed E-state index contributed by atoms with van der Waals surface area (Å²) in [5.74, 6) is 0.795. The van der Waals surface area contributed by atoms with Gasteiger partial charge in [-0.05, 0) is 50.4 Å². The molecular weight excluding hydrogens is 196 g/mol. The number of hydrogen-bond donors (Lipinski definition) is 1. The lowest BCUT2D eigenvalue weighted by Gasteiger charge is -2.22. The molecule has 2 nitrogen and oxygen atoms in total. The molecule has 0 aromatic carbocycles. The van der Waals surface area contributed by atoms with E-state index in [2.05, 4.69) is 22.4 Å². The summed E-state index contributed by atoms with van der Waals surface area (Å²) < 4.78 is 0.